The van der Waals surface area contributed by atoms with Gasteiger partial charge in [-0.25, -0.2) is 0 Å². The van der Waals surface area contributed by atoms with Crippen LogP contribution in [0.5, 0.6) is 0 Å². The summed E-state index contributed by atoms with van der Waals surface area (Å²) in [6, 6.07) is 0. The summed E-state index contributed by atoms with van der Waals surface area (Å²) in [5.41, 5.74) is 3.88. The molecule has 0 saturated carbocycles. The summed E-state index contributed by atoms with van der Waals surface area (Å²) in [7, 11) is 1.45. The first-order chi connectivity index (χ1) is 7.79. The molecule has 0 aromatic heterocycles. The zero-order chi connectivity index (χ0) is 13.6. The number of nitrogens with one attached hydrogen (secondary N) is 2. The predicted molar refractivity (Wildman–Crippen MR) is 63.8 cm³/mol. The molecular formula is C11H21N3O3. The van der Waals surface area contributed by atoms with Gasteiger partial charge < -0.3 is 16.4 Å². The van der Waals surface area contributed by atoms with Crippen molar-refractivity contribution in [2.45, 2.75) is 27.2 Å². The molecule has 6 heteroatoms. The van der Waals surface area contributed by atoms with E-state index in [4.69, 9.17) is 5.73 Å². The molecule has 6 nitrogen and oxygen atoms in total. The summed E-state index contributed by atoms with van der Waals surface area (Å²) in [6.07, 6.45) is 0.0911. The van der Waals surface area contributed by atoms with Crippen molar-refractivity contribution in [1.29, 1.82) is 0 Å². The zero-order valence-electron chi connectivity index (χ0n) is 10.8. The van der Waals surface area contributed by atoms with Crippen molar-refractivity contribution in [1.82, 2.24) is 10.6 Å². The molecule has 0 radical (unpaired) electrons. The maximum atomic E-state index is 11.9. The van der Waals surface area contributed by atoms with E-state index in [2.05, 4.69) is 10.6 Å². The third-order valence-corrected chi connectivity index (χ3v) is 2.77. The lowest BCUT2D eigenvalue weighted by Crippen LogP contribution is -2.50. The monoisotopic (exact) mass is 243 g/mol. The average molecular weight is 243 g/mol. The van der Waals surface area contributed by atoms with Crippen molar-refractivity contribution in [3.8, 4) is 0 Å². The van der Waals surface area contributed by atoms with Gasteiger partial charge in [0.15, 0.2) is 0 Å². The van der Waals surface area contributed by atoms with Crippen LogP contribution in [0, 0.1) is 11.3 Å². The number of primary amides is 1. The first-order valence-corrected chi connectivity index (χ1v) is 5.59. The Morgan fingerprint density at radius 2 is 1.82 bits per heavy atom. The van der Waals surface area contributed by atoms with E-state index in [0.29, 0.717) is 6.54 Å². The van der Waals surface area contributed by atoms with E-state index in [9.17, 15) is 14.4 Å². The summed E-state index contributed by atoms with van der Waals surface area (Å²) in [6.45, 7) is 5.30. The van der Waals surface area contributed by atoms with Crippen LogP contribution in [0.4, 0.5) is 0 Å². The molecule has 17 heavy (non-hydrogen) atoms. The Labute approximate surface area is 101 Å². The molecule has 0 aromatic carbocycles. The second-order valence-corrected chi connectivity index (χ2v) is 4.28. The second kappa shape index (κ2) is 6.22. The van der Waals surface area contributed by atoms with Gasteiger partial charge in [-0.2, -0.15) is 0 Å². The van der Waals surface area contributed by atoms with Gasteiger partial charge in [0.25, 0.3) is 0 Å². The Morgan fingerprint density at radius 3 is 2.18 bits per heavy atom. The van der Waals surface area contributed by atoms with E-state index >= 15 is 0 Å². The van der Waals surface area contributed by atoms with Gasteiger partial charge in [-0.1, -0.05) is 6.92 Å². The van der Waals surface area contributed by atoms with Crippen LogP contribution in [-0.4, -0.2) is 31.3 Å². The van der Waals surface area contributed by atoms with E-state index in [1.807, 2.05) is 0 Å². The summed E-state index contributed by atoms with van der Waals surface area (Å²) >= 11 is 0. The van der Waals surface area contributed by atoms with Crippen molar-refractivity contribution in [2.75, 3.05) is 13.6 Å². The highest BCUT2D eigenvalue weighted by atomic mass is 16.2. The lowest BCUT2D eigenvalue weighted by molar-refractivity contribution is -0.143. The van der Waals surface area contributed by atoms with E-state index < -0.39 is 29.1 Å². The largest absolute Gasteiger partial charge is 0.369 e. The summed E-state index contributed by atoms with van der Waals surface area (Å²) in [5, 5.41) is 5.03. The maximum absolute atomic E-state index is 11.9. The molecule has 0 aliphatic rings. The molecule has 2 unspecified atom stereocenters. The Hall–Kier alpha value is -1.59. The van der Waals surface area contributed by atoms with Crippen molar-refractivity contribution >= 4 is 17.7 Å². The second-order valence-electron chi connectivity index (χ2n) is 4.28. The Balaban J connectivity index is 5.04. The lowest BCUT2D eigenvalue weighted by atomic mass is 9.79. The van der Waals surface area contributed by atoms with Crippen LogP contribution in [-0.2, 0) is 14.4 Å². The van der Waals surface area contributed by atoms with Crippen LogP contribution in [0.1, 0.15) is 27.2 Å². The van der Waals surface area contributed by atoms with Crippen molar-refractivity contribution in [2.24, 2.45) is 17.1 Å². The highest BCUT2D eigenvalue weighted by Crippen LogP contribution is 2.26. The summed E-state index contributed by atoms with van der Waals surface area (Å²) < 4.78 is 0. The van der Waals surface area contributed by atoms with E-state index in [-0.39, 0.29) is 6.42 Å². The molecule has 0 aromatic rings. The fourth-order valence-electron chi connectivity index (χ4n) is 1.63. The van der Waals surface area contributed by atoms with Gasteiger partial charge in [0, 0.05) is 19.5 Å². The SMILES string of the molecule is CCNC(=O)C(C)(CC(C)C(N)=O)C(=O)NC. The number of amides is 3. The van der Waals surface area contributed by atoms with Crippen LogP contribution >= 0.6 is 0 Å². The molecule has 0 heterocycles. The molecule has 0 aliphatic carbocycles. The molecule has 4 N–H and O–H groups in total. The van der Waals surface area contributed by atoms with Gasteiger partial charge >= 0.3 is 0 Å². The molecule has 0 rings (SSSR count). The van der Waals surface area contributed by atoms with Gasteiger partial charge in [0.1, 0.15) is 5.41 Å². The van der Waals surface area contributed by atoms with Crippen LogP contribution in [0.25, 0.3) is 0 Å². The number of nitrogens with two attached hydrogens (primary N) is 1. The average Bonchev–Trinajstić information content (AvgIpc) is 2.27. The van der Waals surface area contributed by atoms with Crippen LogP contribution in [0.3, 0.4) is 0 Å². The van der Waals surface area contributed by atoms with Crippen LogP contribution in [0.2, 0.25) is 0 Å². The van der Waals surface area contributed by atoms with Crippen LogP contribution in [0.15, 0.2) is 0 Å². The predicted octanol–water partition coefficient (Wildman–Crippen LogP) is -0.614. The topological polar surface area (TPSA) is 101 Å². The molecule has 0 bridgehead atoms. The molecular weight excluding hydrogens is 222 g/mol. The molecule has 0 fully saturated rings. The number of hydrogen-bond donors (Lipinski definition) is 3. The minimum atomic E-state index is -1.28. The van der Waals surface area contributed by atoms with Crippen molar-refractivity contribution < 1.29 is 14.4 Å². The standard InChI is InChI=1S/C11H21N3O3/c1-5-14-10(17)11(3,9(16)13-4)6-7(2)8(12)15/h7H,5-6H2,1-4H3,(H2,12,15)(H,13,16)(H,14,17). The first-order valence-electron chi connectivity index (χ1n) is 5.59. The normalized spacial score (nSPS) is 15.5. The minimum absolute atomic E-state index is 0.0911. The fourth-order valence-corrected chi connectivity index (χ4v) is 1.63. The summed E-state index contributed by atoms with van der Waals surface area (Å²) in [5.74, 6) is -1.88. The van der Waals surface area contributed by atoms with Gasteiger partial charge in [-0.3, -0.25) is 14.4 Å². The summed E-state index contributed by atoms with van der Waals surface area (Å²) in [4.78, 5) is 34.7. The first kappa shape index (κ1) is 15.4. The number of rotatable bonds is 6. The van der Waals surface area contributed by atoms with Gasteiger partial charge in [-0.05, 0) is 20.3 Å². The number of carbonyl (C=O) groups is 3. The van der Waals surface area contributed by atoms with Gasteiger partial charge in [0.2, 0.25) is 17.7 Å². The van der Waals surface area contributed by atoms with E-state index in [1.165, 1.54) is 14.0 Å². The Bertz CT molecular complexity index is 317. The van der Waals surface area contributed by atoms with E-state index in [1.54, 1.807) is 13.8 Å². The van der Waals surface area contributed by atoms with Crippen molar-refractivity contribution in [3.05, 3.63) is 0 Å². The van der Waals surface area contributed by atoms with E-state index in [0.717, 1.165) is 0 Å². The van der Waals surface area contributed by atoms with Crippen molar-refractivity contribution in [3.63, 3.8) is 0 Å². The lowest BCUT2D eigenvalue weighted by Gasteiger charge is -2.28. The van der Waals surface area contributed by atoms with Gasteiger partial charge in [0.05, 0.1) is 0 Å². The Morgan fingerprint density at radius 1 is 1.29 bits per heavy atom. The number of carbonyl (C=O) groups excluding carboxylic acids is 3. The highest BCUT2D eigenvalue weighted by molar-refractivity contribution is 6.04. The third-order valence-electron chi connectivity index (χ3n) is 2.77. The highest BCUT2D eigenvalue weighted by Gasteiger charge is 2.42. The molecule has 0 spiro atoms. The molecule has 3 amide bonds. The zero-order valence-corrected chi connectivity index (χ0v) is 10.8. The van der Waals surface area contributed by atoms with Gasteiger partial charge in [-0.15, -0.1) is 0 Å². The van der Waals surface area contributed by atoms with Crippen LogP contribution < -0.4 is 16.4 Å². The molecule has 0 aliphatic heterocycles. The molecule has 98 valence electrons. The molecule has 0 saturated heterocycles. The number of hydrogen-bond acceptors (Lipinski definition) is 3. The quantitative estimate of drug-likeness (QED) is 0.542. The maximum Gasteiger partial charge on any atom is 0.235 e. The fraction of sp³-hybridized carbons (Fsp3) is 0.727. The Kier molecular flexibility index (Phi) is 5.64. The smallest absolute Gasteiger partial charge is 0.235 e. The molecule has 2 atom stereocenters. The third kappa shape index (κ3) is 3.72. The minimum Gasteiger partial charge on any atom is -0.369 e.